The van der Waals surface area contributed by atoms with Crippen molar-refractivity contribution in [1.29, 1.82) is 0 Å². The lowest BCUT2D eigenvalue weighted by Gasteiger charge is -2.05. The van der Waals surface area contributed by atoms with Gasteiger partial charge in [0.05, 0.1) is 0 Å². The molecule has 0 aromatic heterocycles. The highest BCUT2D eigenvalue weighted by Gasteiger charge is 2.24. The van der Waals surface area contributed by atoms with Gasteiger partial charge < -0.3 is 10.1 Å². The SMILES string of the molecule is O=CC1Nc2ccccc2/C1=C\c1ccccc1. The summed E-state index contributed by atoms with van der Waals surface area (Å²) in [5.41, 5.74) is 4.28. The lowest BCUT2D eigenvalue weighted by atomic mass is 10.0. The molecular formula is C16H13NO. The summed E-state index contributed by atoms with van der Waals surface area (Å²) in [5, 5.41) is 3.22. The van der Waals surface area contributed by atoms with E-state index in [0.717, 1.165) is 28.7 Å². The highest BCUT2D eigenvalue weighted by molar-refractivity contribution is 6.02. The van der Waals surface area contributed by atoms with Gasteiger partial charge in [-0.15, -0.1) is 0 Å². The van der Waals surface area contributed by atoms with Crippen molar-refractivity contribution in [2.45, 2.75) is 6.04 Å². The first-order chi connectivity index (χ1) is 8.88. The van der Waals surface area contributed by atoms with Gasteiger partial charge in [0.1, 0.15) is 12.3 Å². The fourth-order valence-corrected chi connectivity index (χ4v) is 2.28. The minimum absolute atomic E-state index is 0.248. The second-order valence-electron chi connectivity index (χ2n) is 4.31. The smallest absolute Gasteiger partial charge is 0.146 e. The molecule has 1 heterocycles. The Bertz CT molecular complexity index is 602. The number of hydrogen-bond acceptors (Lipinski definition) is 2. The first kappa shape index (κ1) is 10.8. The van der Waals surface area contributed by atoms with Crippen LogP contribution in [0.5, 0.6) is 0 Å². The Hall–Kier alpha value is -2.35. The van der Waals surface area contributed by atoms with E-state index in [1.165, 1.54) is 0 Å². The highest BCUT2D eigenvalue weighted by Crippen LogP contribution is 2.35. The largest absolute Gasteiger partial charge is 0.371 e. The average Bonchev–Trinajstić information content (AvgIpc) is 2.78. The molecule has 2 heteroatoms. The number of carbonyl (C=O) groups excluding carboxylic acids is 1. The van der Waals surface area contributed by atoms with Gasteiger partial charge in [-0.25, -0.2) is 0 Å². The van der Waals surface area contributed by atoms with Crippen LogP contribution < -0.4 is 5.32 Å². The van der Waals surface area contributed by atoms with Crippen LogP contribution in [0.3, 0.4) is 0 Å². The fourth-order valence-electron chi connectivity index (χ4n) is 2.28. The van der Waals surface area contributed by atoms with E-state index in [9.17, 15) is 4.79 Å². The molecule has 0 amide bonds. The number of benzene rings is 2. The predicted molar refractivity (Wildman–Crippen MR) is 74.2 cm³/mol. The fraction of sp³-hybridized carbons (Fsp3) is 0.0625. The summed E-state index contributed by atoms with van der Waals surface area (Å²) in [6.07, 6.45) is 3.02. The summed E-state index contributed by atoms with van der Waals surface area (Å²) in [5.74, 6) is 0. The first-order valence-electron chi connectivity index (χ1n) is 5.96. The molecule has 1 atom stereocenters. The van der Waals surface area contributed by atoms with Crippen LogP contribution in [0.1, 0.15) is 11.1 Å². The quantitative estimate of drug-likeness (QED) is 0.810. The first-order valence-corrected chi connectivity index (χ1v) is 5.96. The number of fused-ring (bicyclic) bond motifs is 1. The molecular weight excluding hydrogens is 222 g/mol. The van der Waals surface area contributed by atoms with Crippen LogP contribution in [0.25, 0.3) is 11.6 Å². The van der Waals surface area contributed by atoms with Gasteiger partial charge in [0.15, 0.2) is 0 Å². The summed E-state index contributed by atoms with van der Waals surface area (Å²) in [4.78, 5) is 11.2. The molecule has 1 aliphatic heterocycles. The minimum atomic E-state index is -0.248. The van der Waals surface area contributed by atoms with Crippen molar-refractivity contribution < 1.29 is 4.79 Å². The van der Waals surface area contributed by atoms with Crippen molar-refractivity contribution in [3.05, 3.63) is 65.7 Å². The summed E-state index contributed by atoms with van der Waals surface area (Å²) in [7, 11) is 0. The molecule has 0 spiro atoms. The van der Waals surface area contributed by atoms with Crippen LogP contribution in [-0.4, -0.2) is 12.3 Å². The van der Waals surface area contributed by atoms with Crippen molar-refractivity contribution in [3.8, 4) is 0 Å². The van der Waals surface area contributed by atoms with E-state index < -0.39 is 0 Å². The lowest BCUT2D eigenvalue weighted by Crippen LogP contribution is -2.15. The van der Waals surface area contributed by atoms with Gasteiger partial charge in [-0.05, 0) is 23.3 Å². The molecule has 1 aliphatic rings. The molecule has 2 nitrogen and oxygen atoms in total. The average molecular weight is 235 g/mol. The maximum Gasteiger partial charge on any atom is 0.146 e. The second kappa shape index (κ2) is 4.49. The molecule has 0 aliphatic carbocycles. The Labute approximate surface area is 106 Å². The van der Waals surface area contributed by atoms with Gasteiger partial charge in [0.2, 0.25) is 0 Å². The molecule has 0 saturated carbocycles. The molecule has 18 heavy (non-hydrogen) atoms. The van der Waals surface area contributed by atoms with Crippen LogP contribution in [0.2, 0.25) is 0 Å². The Morgan fingerprint density at radius 3 is 2.44 bits per heavy atom. The van der Waals surface area contributed by atoms with Gasteiger partial charge in [0, 0.05) is 11.3 Å². The van der Waals surface area contributed by atoms with Gasteiger partial charge in [-0.2, -0.15) is 0 Å². The molecule has 1 N–H and O–H groups in total. The standard InChI is InChI=1S/C16H13NO/c18-11-16-14(10-12-6-2-1-3-7-12)13-8-4-5-9-15(13)17-16/h1-11,16-17H/b14-10+. The summed E-state index contributed by atoms with van der Waals surface area (Å²) >= 11 is 0. The molecule has 0 saturated heterocycles. The number of hydrogen-bond donors (Lipinski definition) is 1. The second-order valence-corrected chi connectivity index (χ2v) is 4.31. The van der Waals surface area contributed by atoms with Crippen molar-refractivity contribution in [2.75, 3.05) is 5.32 Å². The van der Waals surface area contributed by atoms with E-state index >= 15 is 0 Å². The molecule has 3 rings (SSSR count). The molecule has 0 fully saturated rings. The Morgan fingerprint density at radius 1 is 0.944 bits per heavy atom. The number of nitrogens with one attached hydrogen (secondary N) is 1. The number of aldehydes is 1. The molecule has 2 aromatic carbocycles. The maximum atomic E-state index is 11.2. The third-order valence-electron chi connectivity index (χ3n) is 3.14. The summed E-state index contributed by atoms with van der Waals surface area (Å²) < 4.78 is 0. The summed E-state index contributed by atoms with van der Waals surface area (Å²) in [6.45, 7) is 0. The van der Waals surface area contributed by atoms with E-state index in [2.05, 4.69) is 11.4 Å². The number of rotatable bonds is 2. The number of anilines is 1. The third-order valence-corrected chi connectivity index (χ3v) is 3.14. The highest BCUT2D eigenvalue weighted by atomic mass is 16.1. The van der Waals surface area contributed by atoms with E-state index in [1.807, 2.05) is 54.6 Å². The Morgan fingerprint density at radius 2 is 1.67 bits per heavy atom. The maximum absolute atomic E-state index is 11.2. The van der Waals surface area contributed by atoms with E-state index in [0.29, 0.717) is 0 Å². The van der Waals surface area contributed by atoms with Gasteiger partial charge in [-0.3, -0.25) is 0 Å². The van der Waals surface area contributed by atoms with Crippen LogP contribution in [0.4, 0.5) is 5.69 Å². The Kier molecular flexibility index (Phi) is 2.69. The topological polar surface area (TPSA) is 29.1 Å². The minimum Gasteiger partial charge on any atom is -0.371 e. The van der Waals surface area contributed by atoms with Crippen LogP contribution in [0, 0.1) is 0 Å². The number of carbonyl (C=O) groups is 1. The van der Waals surface area contributed by atoms with Crippen LogP contribution >= 0.6 is 0 Å². The van der Waals surface area contributed by atoms with Crippen LogP contribution in [0.15, 0.2) is 54.6 Å². The van der Waals surface area contributed by atoms with E-state index in [4.69, 9.17) is 0 Å². The number of para-hydroxylation sites is 1. The molecule has 2 aromatic rings. The zero-order valence-electron chi connectivity index (χ0n) is 9.84. The van der Waals surface area contributed by atoms with E-state index in [-0.39, 0.29) is 6.04 Å². The summed E-state index contributed by atoms with van der Waals surface area (Å²) in [6, 6.07) is 17.8. The van der Waals surface area contributed by atoms with E-state index in [1.54, 1.807) is 0 Å². The molecule has 0 radical (unpaired) electrons. The zero-order valence-corrected chi connectivity index (χ0v) is 9.84. The molecule has 1 unspecified atom stereocenters. The normalized spacial score (nSPS) is 19.3. The molecule has 0 bridgehead atoms. The van der Waals surface area contributed by atoms with Crippen molar-refractivity contribution >= 4 is 23.6 Å². The predicted octanol–water partition coefficient (Wildman–Crippen LogP) is 3.22. The van der Waals surface area contributed by atoms with Gasteiger partial charge in [-0.1, -0.05) is 48.5 Å². The van der Waals surface area contributed by atoms with Crippen molar-refractivity contribution in [2.24, 2.45) is 0 Å². The Balaban J connectivity index is 2.09. The van der Waals surface area contributed by atoms with Crippen molar-refractivity contribution in [3.63, 3.8) is 0 Å². The van der Waals surface area contributed by atoms with Crippen molar-refractivity contribution in [1.82, 2.24) is 0 Å². The third kappa shape index (κ3) is 1.82. The van der Waals surface area contributed by atoms with Gasteiger partial charge in [0.25, 0.3) is 0 Å². The van der Waals surface area contributed by atoms with Crippen LogP contribution in [-0.2, 0) is 4.79 Å². The van der Waals surface area contributed by atoms with Gasteiger partial charge >= 0.3 is 0 Å². The lowest BCUT2D eigenvalue weighted by molar-refractivity contribution is -0.107. The zero-order chi connectivity index (χ0) is 12.4. The monoisotopic (exact) mass is 235 g/mol. The molecule has 88 valence electrons.